The van der Waals surface area contributed by atoms with Crippen LogP contribution in [-0.2, 0) is 6.54 Å². The van der Waals surface area contributed by atoms with Crippen molar-refractivity contribution in [2.24, 2.45) is 10.7 Å². The summed E-state index contributed by atoms with van der Waals surface area (Å²) in [6.45, 7) is 4.43. The van der Waals surface area contributed by atoms with Gasteiger partial charge in [-0.05, 0) is 17.7 Å². The van der Waals surface area contributed by atoms with E-state index in [1.165, 1.54) is 6.07 Å². The first-order valence-electron chi connectivity index (χ1n) is 6.12. The Morgan fingerprint density at radius 3 is 2.95 bits per heavy atom. The molecule has 21 heavy (non-hydrogen) atoms. The molecule has 0 amide bonds. The summed E-state index contributed by atoms with van der Waals surface area (Å²) in [7, 11) is 0. The smallest absolute Gasteiger partial charge is 0.189 e. The van der Waals surface area contributed by atoms with Crippen molar-refractivity contribution in [1.82, 2.24) is 14.9 Å². The van der Waals surface area contributed by atoms with Crippen molar-refractivity contribution in [3.63, 3.8) is 0 Å². The zero-order chi connectivity index (χ0) is 14.4. The Kier molecular flexibility index (Phi) is 6.86. The van der Waals surface area contributed by atoms with Crippen LogP contribution in [0.3, 0.4) is 0 Å². The summed E-state index contributed by atoms with van der Waals surface area (Å²) in [4.78, 5) is 8.01. The molecule has 2 aromatic rings. The molecule has 3 N–H and O–H groups in total. The van der Waals surface area contributed by atoms with Gasteiger partial charge in [0.05, 0.1) is 18.6 Å². The van der Waals surface area contributed by atoms with Crippen molar-refractivity contribution in [2.45, 2.75) is 6.54 Å². The van der Waals surface area contributed by atoms with Crippen molar-refractivity contribution >= 4 is 29.9 Å². The Labute approximate surface area is 139 Å². The highest BCUT2D eigenvalue weighted by Gasteiger charge is 2.05. The third-order valence-electron chi connectivity index (χ3n) is 2.65. The summed E-state index contributed by atoms with van der Waals surface area (Å²) in [5.74, 6) is -0.0164. The van der Waals surface area contributed by atoms with E-state index in [9.17, 15) is 4.39 Å². The standard InChI is InChI=1S/C14H16FN5.HI/c1-2-5-18-14(16)19-9-11-3-4-13(12(15)8-11)20-7-6-17-10-20;/h2-4,6-8,10H,1,5,9H2,(H3,16,18,19);1H. The number of hydrogen-bond donors (Lipinski definition) is 2. The zero-order valence-corrected chi connectivity index (χ0v) is 13.7. The van der Waals surface area contributed by atoms with Crippen LogP contribution in [0.15, 0.2) is 54.6 Å². The van der Waals surface area contributed by atoms with Crippen LogP contribution in [0, 0.1) is 5.82 Å². The van der Waals surface area contributed by atoms with Gasteiger partial charge in [-0.25, -0.2) is 14.4 Å². The number of aliphatic imine (C=N–C) groups is 1. The lowest BCUT2D eigenvalue weighted by atomic mass is 10.2. The van der Waals surface area contributed by atoms with Crippen molar-refractivity contribution in [2.75, 3.05) is 6.54 Å². The van der Waals surface area contributed by atoms with Gasteiger partial charge in [0, 0.05) is 18.9 Å². The first kappa shape index (κ1) is 17.2. The van der Waals surface area contributed by atoms with Gasteiger partial charge in [-0.3, -0.25) is 0 Å². The number of aromatic nitrogens is 2. The number of nitrogens with one attached hydrogen (secondary N) is 1. The molecule has 0 fully saturated rings. The molecule has 112 valence electrons. The van der Waals surface area contributed by atoms with Gasteiger partial charge in [0.2, 0.25) is 0 Å². The normalized spacial score (nSPS) is 10.8. The molecule has 0 atom stereocenters. The molecule has 0 radical (unpaired) electrons. The zero-order valence-electron chi connectivity index (χ0n) is 11.4. The topological polar surface area (TPSA) is 68.2 Å². The summed E-state index contributed by atoms with van der Waals surface area (Å²) in [6, 6.07) is 4.94. The van der Waals surface area contributed by atoms with Gasteiger partial charge < -0.3 is 15.6 Å². The summed E-state index contributed by atoms with van der Waals surface area (Å²) in [6.07, 6.45) is 6.52. The summed E-state index contributed by atoms with van der Waals surface area (Å²) >= 11 is 0. The fraction of sp³-hybridized carbons (Fsp3) is 0.143. The Morgan fingerprint density at radius 2 is 2.33 bits per heavy atom. The average molecular weight is 401 g/mol. The van der Waals surface area contributed by atoms with Crippen LogP contribution in [0.1, 0.15) is 5.56 Å². The molecular weight excluding hydrogens is 384 g/mol. The van der Waals surface area contributed by atoms with E-state index in [1.54, 1.807) is 35.4 Å². The molecule has 0 saturated carbocycles. The fourth-order valence-electron chi connectivity index (χ4n) is 1.67. The van der Waals surface area contributed by atoms with Crippen LogP contribution in [0.25, 0.3) is 5.69 Å². The van der Waals surface area contributed by atoms with Gasteiger partial charge in [0.15, 0.2) is 5.96 Å². The van der Waals surface area contributed by atoms with Gasteiger partial charge in [-0.2, -0.15) is 0 Å². The van der Waals surface area contributed by atoms with E-state index in [0.717, 1.165) is 5.56 Å². The highest BCUT2D eigenvalue weighted by atomic mass is 127. The van der Waals surface area contributed by atoms with Crippen LogP contribution in [0.2, 0.25) is 0 Å². The van der Waals surface area contributed by atoms with Gasteiger partial charge >= 0.3 is 0 Å². The number of nitrogens with two attached hydrogens (primary N) is 1. The van der Waals surface area contributed by atoms with Crippen LogP contribution < -0.4 is 11.1 Å². The third-order valence-corrected chi connectivity index (χ3v) is 2.65. The van der Waals surface area contributed by atoms with E-state index in [-0.39, 0.29) is 29.8 Å². The predicted octanol–water partition coefficient (Wildman–Crippen LogP) is 2.22. The highest BCUT2D eigenvalue weighted by molar-refractivity contribution is 14.0. The second kappa shape index (κ2) is 8.40. The molecule has 0 spiro atoms. The largest absolute Gasteiger partial charge is 0.370 e. The van der Waals surface area contributed by atoms with Crippen molar-refractivity contribution in [3.8, 4) is 5.69 Å². The Hall–Kier alpha value is -1.90. The minimum atomic E-state index is -0.326. The first-order valence-corrected chi connectivity index (χ1v) is 6.12. The number of imidazole rings is 1. The number of halogens is 2. The molecule has 2 rings (SSSR count). The number of rotatable bonds is 5. The molecule has 0 bridgehead atoms. The number of benzene rings is 1. The van der Waals surface area contributed by atoms with E-state index >= 15 is 0 Å². The highest BCUT2D eigenvalue weighted by Crippen LogP contribution is 2.15. The van der Waals surface area contributed by atoms with E-state index in [0.29, 0.717) is 24.7 Å². The molecule has 0 aliphatic carbocycles. The van der Waals surface area contributed by atoms with E-state index in [4.69, 9.17) is 5.73 Å². The summed E-state index contributed by atoms with van der Waals surface area (Å²) in [5.41, 5.74) is 6.83. The quantitative estimate of drug-likeness (QED) is 0.350. The minimum Gasteiger partial charge on any atom is -0.370 e. The number of hydrogen-bond acceptors (Lipinski definition) is 2. The molecule has 0 saturated heterocycles. The van der Waals surface area contributed by atoms with E-state index in [1.807, 2.05) is 6.07 Å². The summed E-state index contributed by atoms with van der Waals surface area (Å²) in [5, 5.41) is 2.85. The van der Waals surface area contributed by atoms with Crippen molar-refractivity contribution in [1.29, 1.82) is 0 Å². The molecule has 1 aromatic carbocycles. The number of nitrogens with zero attached hydrogens (tertiary/aromatic N) is 3. The second-order valence-corrected chi connectivity index (χ2v) is 4.13. The lowest BCUT2D eigenvalue weighted by Gasteiger charge is -2.06. The lowest BCUT2D eigenvalue weighted by molar-refractivity contribution is 0.615. The fourth-order valence-corrected chi connectivity index (χ4v) is 1.67. The molecule has 1 heterocycles. The van der Waals surface area contributed by atoms with E-state index in [2.05, 4.69) is 21.9 Å². The Morgan fingerprint density at radius 1 is 1.52 bits per heavy atom. The van der Waals surface area contributed by atoms with Crippen molar-refractivity contribution < 1.29 is 4.39 Å². The van der Waals surface area contributed by atoms with Crippen LogP contribution in [0.4, 0.5) is 4.39 Å². The second-order valence-electron chi connectivity index (χ2n) is 4.13. The molecule has 0 unspecified atom stereocenters. The predicted molar refractivity (Wildman–Crippen MR) is 92.5 cm³/mol. The molecule has 0 aliphatic heterocycles. The van der Waals surface area contributed by atoms with Crippen LogP contribution >= 0.6 is 24.0 Å². The van der Waals surface area contributed by atoms with Gasteiger partial charge in [0.1, 0.15) is 5.82 Å². The van der Waals surface area contributed by atoms with Gasteiger partial charge in [-0.1, -0.05) is 12.1 Å². The number of guanidine groups is 1. The van der Waals surface area contributed by atoms with Gasteiger partial charge in [0.25, 0.3) is 0 Å². The average Bonchev–Trinajstić information content (AvgIpc) is 2.97. The molecule has 0 aliphatic rings. The Balaban J connectivity index is 0.00000220. The van der Waals surface area contributed by atoms with Gasteiger partial charge in [-0.15, -0.1) is 30.6 Å². The van der Waals surface area contributed by atoms with E-state index < -0.39 is 0 Å². The maximum Gasteiger partial charge on any atom is 0.189 e. The minimum absolute atomic E-state index is 0. The third kappa shape index (κ3) is 4.85. The Bertz CT molecular complexity index is 610. The monoisotopic (exact) mass is 401 g/mol. The van der Waals surface area contributed by atoms with Crippen molar-refractivity contribution in [3.05, 3.63) is 61.0 Å². The molecule has 5 nitrogen and oxygen atoms in total. The summed E-state index contributed by atoms with van der Waals surface area (Å²) < 4.78 is 15.6. The lowest BCUT2D eigenvalue weighted by Crippen LogP contribution is -2.31. The van der Waals surface area contributed by atoms with Crippen LogP contribution in [-0.4, -0.2) is 22.1 Å². The molecular formula is C14H17FIN5. The molecule has 7 heteroatoms. The maximum atomic E-state index is 14.0. The molecule has 1 aromatic heterocycles. The maximum absolute atomic E-state index is 14.0. The first-order chi connectivity index (χ1) is 9.70. The SMILES string of the molecule is C=CCNC(N)=NCc1ccc(-n2ccnc2)c(F)c1.I. The van der Waals surface area contributed by atoms with Crippen LogP contribution in [0.5, 0.6) is 0 Å².